The van der Waals surface area contributed by atoms with Crippen LogP contribution in [0.5, 0.6) is 0 Å². The Balaban J connectivity index is 1.16. The first-order valence-corrected chi connectivity index (χ1v) is 10.5. The molecule has 6 nitrogen and oxygen atoms in total. The molecule has 6 heteroatoms. The summed E-state index contributed by atoms with van der Waals surface area (Å²) in [6.07, 6.45) is 3.81. The Kier molecular flexibility index (Phi) is 6.32. The molecule has 2 aromatic carbocycles. The normalized spacial score (nSPS) is 14.1. The molecule has 30 heavy (non-hydrogen) atoms. The topological polar surface area (TPSA) is 65.6 Å². The minimum absolute atomic E-state index is 0.118. The van der Waals surface area contributed by atoms with Crippen LogP contribution in [-0.4, -0.2) is 54.5 Å². The number of amides is 1. The van der Waals surface area contributed by atoms with Crippen LogP contribution in [0.4, 0.5) is 5.69 Å². The summed E-state index contributed by atoms with van der Waals surface area (Å²) in [6.45, 7) is 2.69. The second-order valence-electron chi connectivity index (χ2n) is 7.58. The molecule has 0 saturated carbocycles. The molecular formula is C24H27N3O3. The number of H-pyrrole nitrogens is 1. The van der Waals surface area contributed by atoms with Crippen molar-refractivity contribution in [1.29, 1.82) is 0 Å². The second-order valence-corrected chi connectivity index (χ2v) is 7.58. The third kappa shape index (κ3) is 4.82. The van der Waals surface area contributed by atoms with Crippen LogP contribution < -0.4 is 4.90 Å². The van der Waals surface area contributed by atoms with E-state index in [9.17, 15) is 9.59 Å². The number of anilines is 1. The van der Waals surface area contributed by atoms with Gasteiger partial charge in [0.15, 0.2) is 6.61 Å². The summed E-state index contributed by atoms with van der Waals surface area (Å²) in [5.41, 5.74) is 3.48. The van der Waals surface area contributed by atoms with Crippen molar-refractivity contribution >= 4 is 28.5 Å². The highest BCUT2D eigenvalue weighted by Crippen LogP contribution is 2.19. The van der Waals surface area contributed by atoms with Crippen LogP contribution in [0.2, 0.25) is 0 Å². The zero-order valence-corrected chi connectivity index (χ0v) is 17.0. The number of hydrogen-bond donors (Lipinski definition) is 1. The number of rotatable bonds is 7. The van der Waals surface area contributed by atoms with Crippen molar-refractivity contribution in [2.75, 3.05) is 37.7 Å². The number of fused-ring (bicyclic) bond motifs is 1. The molecule has 1 N–H and O–H groups in total. The van der Waals surface area contributed by atoms with Crippen LogP contribution in [0, 0.1) is 0 Å². The van der Waals surface area contributed by atoms with Gasteiger partial charge in [-0.15, -0.1) is 0 Å². The number of nitrogens with zero attached hydrogens (tertiary/aromatic N) is 2. The van der Waals surface area contributed by atoms with Gasteiger partial charge in [-0.1, -0.05) is 36.4 Å². The van der Waals surface area contributed by atoms with Crippen molar-refractivity contribution < 1.29 is 14.3 Å². The Morgan fingerprint density at radius 3 is 2.47 bits per heavy atom. The molecule has 0 radical (unpaired) electrons. The van der Waals surface area contributed by atoms with Crippen LogP contribution >= 0.6 is 0 Å². The van der Waals surface area contributed by atoms with E-state index in [4.69, 9.17) is 4.74 Å². The highest BCUT2D eigenvalue weighted by molar-refractivity contribution is 5.83. The maximum Gasteiger partial charge on any atom is 0.306 e. The van der Waals surface area contributed by atoms with E-state index in [-0.39, 0.29) is 18.5 Å². The lowest BCUT2D eigenvalue weighted by Crippen LogP contribution is -2.49. The number of carbonyl (C=O) groups excluding carboxylic acids is 2. The van der Waals surface area contributed by atoms with Gasteiger partial charge in [-0.25, -0.2) is 0 Å². The van der Waals surface area contributed by atoms with Crippen LogP contribution in [0.25, 0.3) is 10.9 Å². The van der Waals surface area contributed by atoms with Gasteiger partial charge < -0.3 is 19.5 Å². The molecule has 156 valence electrons. The van der Waals surface area contributed by atoms with Gasteiger partial charge in [0.2, 0.25) is 0 Å². The first kappa shape index (κ1) is 20.0. The Hall–Kier alpha value is -3.28. The highest BCUT2D eigenvalue weighted by atomic mass is 16.5. The Morgan fingerprint density at radius 2 is 1.67 bits per heavy atom. The predicted octanol–water partition coefficient (Wildman–Crippen LogP) is 3.38. The summed E-state index contributed by atoms with van der Waals surface area (Å²) >= 11 is 0. The smallest absolute Gasteiger partial charge is 0.306 e. The SMILES string of the molecule is O=C(CCCc1c[nH]c2ccccc12)OCC(=O)N1CCN(c2ccccc2)CC1. The van der Waals surface area contributed by atoms with E-state index >= 15 is 0 Å². The Labute approximate surface area is 176 Å². The maximum absolute atomic E-state index is 12.4. The molecule has 1 aromatic heterocycles. The highest BCUT2D eigenvalue weighted by Gasteiger charge is 2.22. The van der Waals surface area contributed by atoms with E-state index in [1.807, 2.05) is 42.6 Å². The van der Waals surface area contributed by atoms with Crippen LogP contribution in [0.15, 0.2) is 60.8 Å². The molecule has 0 bridgehead atoms. The number of benzene rings is 2. The standard InChI is InChI=1S/C24H27N3O3/c28-23(27-15-13-26(14-16-27)20-8-2-1-3-9-20)18-30-24(29)12-6-7-19-17-25-22-11-5-4-10-21(19)22/h1-5,8-11,17,25H,6-7,12-16,18H2. The second kappa shape index (κ2) is 9.48. The number of ether oxygens (including phenoxy) is 1. The van der Waals surface area contributed by atoms with Crippen molar-refractivity contribution in [3.8, 4) is 0 Å². The first-order valence-electron chi connectivity index (χ1n) is 10.5. The van der Waals surface area contributed by atoms with Gasteiger partial charge in [-0.3, -0.25) is 9.59 Å². The molecule has 0 aliphatic carbocycles. The predicted molar refractivity (Wildman–Crippen MR) is 117 cm³/mol. The number of aromatic amines is 1. The molecule has 3 aromatic rings. The number of nitrogens with one attached hydrogen (secondary N) is 1. The third-order valence-corrected chi connectivity index (χ3v) is 5.61. The van der Waals surface area contributed by atoms with Crippen molar-refractivity contribution in [3.05, 3.63) is 66.4 Å². The minimum atomic E-state index is -0.314. The first-order chi connectivity index (χ1) is 14.7. The zero-order chi connectivity index (χ0) is 20.8. The van der Waals surface area contributed by atoms with E-state index in [1.165, 1.54) is 16.6 Å². The van der Waals surface area contributed by atoms with E-state index < -0.39 is 0 Å². The number of carbonyl (C=O) groups is 2. The van der Waals surface area contributed by atoms with Gasteiger partial charge in [0.05, 0.1) is 0 Å². The van der Waals surface area contributed by atoms with Gasteiger partial charge in [-0.05, 0) is 36.6 Å². The molecule has 1 amide bonds. The fourth-order valence-electron chi connectivity index (χ4n) is 3.92. The summed E-state index contributed by atoms with van der Waals surface area (Å²) < 4.78 is 5.22. The van der Waals surface area contributed by atoms with E-state index in [0.717, 1.165) is 25.0 Å². The van der Waals surface area contributed by atoms with Gasteiger partial charge in [0.1, 0.15) is 0 Å². The summed E-state index contributed by atoms with van der Waals surface area (Å²) in [7, 11) is 0. The van der Waals surface area contributed by atoms with Crippen molar-refractivity contribution in [1.82, 2.24) is 9.88 Å². The number of hydrogen-bond acceptors (Lipinski definition) is 4. The average Bonchev–Trinajstić information content (AvgIpc) is 3.21. The fraction of sp³-hybridized carbons (Fsp3) is 0.333. The summed E-state index contributed by atoms with van der Waals surface area (Å²) in [6, 6.07) is 18.3. The average molecular weight is 405 g/mol. The molecule has 0 atom stereocenters. The molecule has 1 aliphatic heterocycles. The van der Waals surface area contributed by atoms with Crippen LogP contribution in [0.1, 0.15) is 18.4 Å². The van der Waals surface area contributed by atoms with Gasteiger partial charge in [0, 0.05) is 55.4 Å². The Morgan fingerprint density at radius 1 is 0.933 bits per heavy atom. The molecule has 0 unspecified atom stereocenters. The molecule has 4 rings (SSSR count). The fourth-order valence-corrected chi connectivity index (χ4v) is 3.92. The zero-order valence-electron chi connectivity index (χ0n) is 17.0. The van der Waals surface area contributed by atoms with E-state index in [0.29, 0.717) is 25.9 Å². The number of aromatic nitrogens is 1. The number of piperazine rings is 1. The molecular weight excluding hydrogens is 378 g/mol. The lowest BCUT2D eigenvalue weighted by molar-refractivity contribution is -0.152. The van der Waals surface area contributed by atoms with Crippen molar-refractivity contribution in [2.24, 2.45) is 0 Å². The lowest BCUT2D eigenvalue weighted by Gasteiger charge is -2.36. The number of para-hydroxylation sites is 2. The van der Waals surface area contributed by atoms with Crippen molar-refractivity contribution in [2.45, 2.75) is 19.3 Å². The molecule has 1 saturated heterocycles. The van der Waals surface area contributed by atoms with Gasteiger partial charge >= 0.3 is 5.97 Å². The van der Waals surface area contributed by atoms with Gasteiger partial charge in [-0.2, -0.15) is 0 Å². The summed E-state index contributed by atoms with van der Waals surface area (Å²) in [5.74, 6) is -0.432. The largest absolute Gasteiger partial charge is 0.456 e. The number of esters is 1. The quantitative estimate of drug-likeness (QED) is 0.612. The third-order valence-electron chi connectivity index (χ3n) is 5.61. The van der Waals surface area contributed by atoms with Crippen LogP contribution in [0.3, 0.4) is 0 Å². The summed E-state index contributed by atoms with van der Waals surface area (Å²) in [4.78, 5) is 31.7. The van der Waals surface area contributed by atoms with Gasteiger partial charge in [0.25, 0.3) is 5.91 Å². The van der Waals surface area contributed by atoms with E-state index in [2.05, 4.69) is 28.1 Å². The van der Waals surface area contributed by atoms with Crippen LogP contribution in [-0.2, 0) is 20.7 Å². The molecule has 1 fully saturated rings. The molecule has 0 spiro atoms. The Bertz CT molecular complexity index is 991. The summed E-state index contributed by atoms with van der Waals surface area (Å²) in [5, 5.41) is 1.19. The minimum Gasteiger partial charge on any atom is -0.456 e. The number of aryl methyl sites for hydroxylation is 1. The lowest BCUT2D eigenvalue weighted by atomic mass is 10.1. The monoisotopic (exact) mass is 405 g/mol. The molecule has 2 heterocycles. The maximum atomic E-state index is 12.4. The van der Waals surface area contributed by atoms with Crippen molar-refractivity contribution in [3.63, 3.8) is 0 Å². The molecule has 1 aliphatic rings. The van der Waals surface area contributed by atoms with E-state index in [1.54, 1.807) is 4.90 Å².